The maximum Gasteiger partial charge on any atom is 0.243 e. The molecule has 36 heavy (non-hydrogen) atoms. The summed E-state index contributed by atoms with van der Waals surface area (Å²) in [5.41, 5.74) is 2.66. The van der Waals surface area contributed by atoms with E-state index in [2.05, 4.69) is 4.90 Å². The number of methoxy groups -OCH3 is 1. The van der Waals surface area contributed by atoms with Gasteiger partial charge in [-0.1, -0.05) is 47.5 Å². The van der Waals surface area contributed by atoms with Gasteiger partial charge in [-0.2, -0.15) is 4.31 Å². The third-order valence-corrected chi connectivity index (χ3v) is 8.52. The second-order valence-corrected chi connectivity index (χ2v) is 11.1. The second kappa shape index (κ2) is 11.3. The molecule has 0 unspecified atom stereocenters. The number of piperazine rings is 1. The molecule has 3 aromatic rings. The SMILES string of the molecule is COc1ccc(N2CCN(C(=O)CN(Cc3ccccc3Cl)S(=O)(=O)c3ccc(C)cc3)CC2)cc1. The van der Waals surface area contributed by atoms with Gasteiger partial charge < -0.3 is 14.5 Å². The lowest BCUT2D eigenvalue weighted by Crippen LogP contribution is -2.51. The molecule has 190 valence electrons. The Morgan fingerprint density at radius 3 is 2.19 bits per heavy atom. The Balaban J connectivity index is 1.49. The highest BCUT2D eigenvalue weighted by Crippen LogP contribution is 2.24. The van der Waals surface area contributed by atoms with Crippen molar-refractivity contribution in [1.82, 2.24) is 9.21 Å². The first kappa shape index (κ1) is 26.0. The molecule has 1 heterocycles. The third kappa shape index (κ3) is 6.00. The van der Waals surface area contributed by atoms with Crippen molar-refractivity contribution in [3.63, 3.8) is 0 Å². The van der Waals surface area contributed by atoms with Gasteiger partial charge in [0.05, 0.1) is 18.6 Å². The van der Waals surface area contributed by atoms with E-state index in [9.17, 15) is 13.2 Å². The van der Waals surface area contributed by atoms with E-state index in [0.717, 1.165) is 17.0 Å². The average Bonchev–Trinajstić information content (AvgIpc) is 2.90. The summed E-state index contributed by atoms with van der Waals surface area (Å²) in [6.07, 6.45) is 0. The van der Waals surface area contributed by atoms with Crippen molar-refractivity contribution >= 4 is 33.2 Å². The number of rotatable bonds is 8. The topological polar surface area (TPSA) is 70.2 Å². The van der Waals surface area contributed by atoms with Crippen molar-refractivity contribution in [3.05, 3.63) is 88.9 Å². The first-order valence-electron chi connectivity index (χ1n) is 11.7. The Kier molecular flexibility index (Phi) is 8.18. The quantitative estimate of drug-likeness (QED) is 0.439. The zero-order chi connectivity index (χ0) is 25.7. The summed E-state index contributed by atoms with van der Waals surface area (Å²) in [4.78, 5) is 17.4. The van der Waals surface area contributed by atoms with Crippen molar-refractivity contribution < 1.29 is 17.9 Å². The molecule has 0 aliphatic carbocycles. The molecule has 0 N–H and O–H groups in total. The number of carbonyl (C=O) groups excluding carboxylic acids is 1. The molecule has 7 nitrogen and oxygen atoms in total. The Hall–Kier alpha value is -3.07. The van der Waals surface area contributed by atoms with E-state index in [-0.39, 0.29) is 23.9 Å². The molecular formula is C27H30ClN3O4S. The lowest BCUT2D eigenvalue weighted by Gasteiger charge is -2.37. The van der Waals surface area contributed by atoms with Gasteiger partial charge >= 0.3 is 0 Å². The molecule has 1 aliphatic rings. The van der Waals surface area contributed by atoms with Crippen LogP contribution in [0.3, 0.4) is 0 Å². The number of benzene rings is 3. The molecule has 0 spiro atoms. The lowest BCUT2D eigenvalue weighted by molar-refractivity contribution is -0.131. The molecule has 1 fully saturated rings. The first-order valence-corrected chi connectivity index (χ1v) is 13.6. The highest BCUT2D eigenvalue weighted by molar-refractivity contribution is 7.89. The minimum atomic E-state index is -3.92. The molecule has 0 aromatic heterocycles. The Morgan fingerprint density at radius 2 is 1.58 bits per heavy atom. The van der Waals surface area contributed by atoms with E-state index >= 15 is 0 Å². The highest BCUT2D eigenvalue weighted by atomic mass is 35.5. The van der Waals surface area contributed by atoms with Crippen LogP contribution in [0.4, 0.5) is 5.69 Å². The van der Waals surface area contributed by atoms with Crippen LogP contribution >= 0.6 is 11.6 Å². The largest absolute Gasteiger partial charge is 0.497 e. The van der Waals surface area contributed by atoms with E-state index in [1.165, 1.54) is 4.31 Å². The van der Waals surface area contributed by atoms with Crippen LogP contribution in [0.25, 0.3) is 0 Å². The van der Waals surface area contributed by atoms with Crippen molar-refractivity contribution in [3.8, 4) is 5.75 Å². The number of aryl methyl sites for hydroxylation is 1. The van der Waals surface area contributed by atoms with Crippen molar-refractivity contribution in [2.24, 2.45) is 0 Å². The van der Waals surface area contributed by atoms with Gasteiger partial charge in [-0.15, -0.1) is 0 Å². The van der Waals surface area contributed by atoms with Gasteiger partial charge in [-0.3, -0.25) is 4.79 Å². The van der Waals surface area contributed by atoms with Gasteiger partial charge in [-0.05, 0) is 55.0 Å². The Bertz CT molecular complexity index is 1290. The van der Waals surface area contributed by atoms with Crippen molar-refractivity contribution in [2.75, 3.05) is 44.7 Å². The summed E-state index contributed by atoms with van der Waals surface area (Å²) in [7, 11) is -2.29. The molecule has 0 radical (unpaired) electrons. The molecule has 1 aliphatic heterocycles. The Morgan fingerprint density at radius 1 is 0.944 bits per heavy atom. The van der Waals surface area contributed by atoms with Crippen LogP contribution in [-0.4, -0.2) is 63.4 Å². The minimum absolute atomic E-state index is 0.00738. The molecular weight excluding hydrogens is 498 g/mol. The normalized spacial score (nSPS) is 14.2. The smallest absolute Gasteiger partial charge is 0.243 e. The van der Waals surface area contributed by atoms with Crippen molar-refractivity contribution in [1.29, 1.82) is 0 Å². The number of amides is 1. The molecule has 0 saturated carbocycles. The number of sulfonamides is 1. The summed E-state index contributed by atoms with van der Waals surface area (Å²) in [5.74, 6) is 0.563. The number of halogens is 1. The van der Waals surface area contributed by atoms with Crippen molar-refractivity contribution in [2.45, 2.75) is 18.4 Å². The van der Waals surface area contributed by atoms with Gasteiger partial charge in [0.15, 0.2) is 0 Å². The third-order valence-electron chi connectivity index (χ3n) is 6.34. The molecule has 4 rings (SSSR count). The zero-order valence-electron chi connectivity index (χ0n) is 20.4. The van der Waals surface area contributed by atoms with E-state index in [0.29, 0.717) is 36.8 Å². The second-order valence-electron chi connectivity index (χ2n) is 8.74. The van der Waals surface area contributed by atoms with E-state index in [1.54, 1.807) is 60.5 Å². The van der Waals surface area contributed by atoms with Crippen LogP contribution in [0.2, 0.25) is 5.02 Å². The molecule has 0 atom stereocenters. The summed E-state index contributed by atoms with van der Waals surface area (Å²) >= 11 is 6.33. The van der Waals surface area contributed by atoms with Crippen LogP contribution < -0.4 is 9.64 Å². The number of hydrogen-bond acceptors (Lipinski definition) is 5. The summed E-state index contributed by atoms with van der Waals surface area (Å²) < 4.78 is 33.6. The predicted molar refractivity (Wildman–Crippen MR) is 142 cm³/mol. The maximum atomic E-state index is 13.6. The zero-order valence-corrected chi connectivity index (χ0v) is 22.0. The standard InChI is InChI=1S/C27H30ClN3O4S/c1-21-7-13-25(14-8-21)36(33,34)31(19-22-5-3-4-6-26(22)28)20-27(32)30-17-15-29(16-18-30)23-9-11-24(35-2)12-10-23/h3-14H,15-20H2,1-2H3. The number of hydrogen-bond donors (Lipinski definition) is 0. The van der Waals surface area contributed by atoms with Gasteiger partial charge in [0.2, 0.25) is 15.9 Å². The van der Waals surface area contributed by atoms with Crippen LogP contribution in [0.15, 0.2) is 77.7 Å². The van der Waals surface area contributed by atoms with Gasteiger partial charge in [0.25, 0.3) is 0 Å². The van der Waals surface area contributed by atoms with Crippen LogP contribution in [-0.2, 0) is 21.4 Å². The van der Waals surface area contributed by atoms with E-state index in [1.807, 2.05) is 31.2 Å². The Labute approximate surface area is 217 Å². The van der Waals surface area contributed by atoms with Crippen LogP contribution in [0.5, 0.6) is 5.75 Å². The van der Waals surface area contributed by atoms with E-state index in [4.69, 9.17) is 16.3 Å². The number of carbonyl (C=O) groups is 1. The fourth-order valence-corrected chi connectivity index (χ4v) is 5.72. The fraction of sp³-hybridized carbons (Fsp3) is 0.296. The summed E-state index contributed by atoms with van der Waals surface area (Å²) in [5, 5.41) is 0.460. The maximum absolute atomic E-state index is 13.6. The highest BCUT2D eigenvalue weighted by Gasteiger charge is 2.30. The number of anilines is 1. The average molecular weight is 528 g/mol. The minimum Gasteiger partial charge on any atom is -0.497 e. The molecule has 3 aromatic carbocycles. The lowest BCUT2D eigenvalue weighted by atomic mass is 10.2. The van der Waals surface area contributed by atoms with E-state index < -0.39 is 10.0 Å². The summed E-state index contributed by atoms with van der Waals surface area (Å²) in [6, 6.07) is 21.5. The molecule has 1 amide bonds. The van der Waals surface area contributed by atoms with Crippen LogP contribution in [0, 0.1) is 6.92 Å². The monoisotopic (exact) mass is 527 g/mol. The predicted octanol–water partition coefficient (Wildman–Crippen LogP) is 4.20. The van der Waals surface area contributed by atoms with Gasteiger partial charge in [0.1, 0.15) is 5.75 Å². The number of ether oxygens (including phenoxy) is 1. The number of nitrogens with zero attached hydrogens (tertiary/aromatic N) is 3. The van der Waals surface area contributed by atoms with Gasteiger partial charge in [0, 0.05) is 43.4 Å². The fourth-order valence-electron chi connectivity index (χ4n) is 4.16. The first-order chi connectivity index (χ1) is 17.3. The molecule has 0 bridgehead atoms. The molecule has 9 heteroatoms. The summed E-state index contributed by atoms with van der Waals surface area (Å²) in [6.45, 7) is 3.98. The van der Waals surface area contributed by atoms with Gasteiger partial charge in [-0.25, -0.2) is 8.42 Å². The van der Waals surface area contributed by atoms with Crippen LogP contribution in [0.1, 0.15) is 11.1 Å². The molecule has 1 saturated heterocycles.